The van der Waals surface area contributed by atoms with Gasteiger partial charge in [0.1, 0.15) is 11.6 Å². The molecule has 0 aliphatic carbocycles. The summed E-state index contributed by atoms with van der Waals surface area (Å²) in [5.74, 6) is 1.82. The molecule has 20 heavy (non-hydrogen) atoms. The zero-order valence-electron chi connectivity index (χ0n) is 11.7. The third kappa shape index (κ3) is 2.93. The molecule has 0 atom stereocenters. The minimum atomic E-state index is 0.845. The topological polar surface area (TPSA) is 62.7 Å². The van der Waals surface area contributed by atoms with Crippen molar-refractivity contribution in [1.82, 2.24) is 20.3 Å². The predicted octanol–water partition coefficient (Wildman–Crippen LogP) is 1.48. The van der Waals surface area contributed by atoms with Crippen molar-refractivity contribution in [3.8, 4) is 0 Å². The van der Waals surface area contributed by atoms with Gasteiger partial charge in [-0.05, 0) is 31.0 Å². The molecule has 0 spiro atoms. The van der Waals surface area contributed by atoms with E-state index >= 15 is 0 Å². The molecule has 0 fully saturated rings. The van der Waals surface area contributed by atoms with Crippen molar-refractivity contribution in [3.63, 3.8) is 0 Å². The summed E-state index contributed by atoms with van der Waals surface area (Å²) in [5, 5.41) is 6.83. The van der Waals surface area contributed by atoms with Crippen LogP contribution < -0.4 is 10.6 Å². The lowest BCUT2D eigenvalue weighted by Gasteiger charge is -2.20. The second kappa shape index (κ2) is 5.96. The second-order valence-corrected chi connectivity index (χ2v) is 5.00. The Hall–Kier alpha value is -2.01. The van der Waals surface area contributed by atoms with Crippen LogP contribution in [0.2, 0.25) is 0 Å². The monoisotopic (exact) mass is 269 g/mol. The summed E-state index contributed by atoms with van der Waals surface area (Å²) < 4.78 is 0. The van der Waals surface area contributed by atoms with E-state index < -0.39 is 0 Å². The standard InChI is InChI=1S/C15H19N5/c1-11-19-14-5-8-17-10-13(14)15(20-11)18-9-4-12-2-6-16-7-3-12/h2-3,6-7,17H,4-5,8-10H2,1H3,(H,18,19,20). The molecule has 1 aliphatic heterocycles. The number of hydrogen-bond acceptors (Lipinski definition) is 5. The summed E-state index contributed by atoms with van der Waals surface area (Å²) in [5.41, 5.74) is 3.68. The van der Waals surface area contributed by atoms with Crippen LogP contribution >= 0.6 is 0 Å². The molecule has 3 heterocycles. The Kier molecular flexibility index (Phi) is 3.87. The highest BCUT2D eigenvalue weighted by atomic mass is 15.0. The van der Waals surface area contributed by atoms with Crippen LogP contribution in [0.1, 0.15) is 22.6 Å². The quantitative estimate of drug-likeness (QED) is 0.880. The number of aromatic nitrogens is 3. The Morgan fingerprint density at radius 1 is 1.25 bits per heavy atom. The lowest BCUT2D eigenvalue weighted by atomic mass is 10.1. The molecule has 0 amide bonds. The van der Waals surface area contributed by atoms with Crippen molar-refractivity contribution in [2.45, 2.75) is 26.3 Å². The van der Waals surface area contributed by atoms with Crippen molar-refractivity contribution in [1.29, 1.82) is 0 Å². The largest absolute Gasteiger partial charge is 0.369 e. The molecule has 0 saturated heterocycles. The van der Waals surface area contributed by atoms with E-state index in [0.29, 0.717) is 0 Å². The van der Waals surface area contributed by atoms with E-state index in [-0.39, 0.29) is 0 Å². The highest BCUT2D eigenvalue weighted by molar-refractivity contribution is 5.47. The second-order valence-electron chi connectivity index (χ2n) is 5.00. The molecule has 2 aromatic heterocycles. The number of nitrogens with one attached hydrogen (secondary N) is 2. The van der Waals surface area contributed by atoms with Crippen LogP contribution in [0.15, 0.2) is 24.5 Å². The highest BCUT2D eigenvalue weighted by Gasteiger charge is 2.15. The first-order chi connectivity index (χ1) is 9.83. The molecule has 0 unspecified atom stereocenters. The van der Waals surface area contributed by atoms with E-state index in [2.05, 4.69) is 25.6 Å². The molecule has 0 saturated carbocycles. The number of aryl methyl sites for hydroxylation is 1. The first kappa shape index (κ1) is 13.0. The molecule has 2 N–H and O–H groups in total. The van der Waals surface area contributed by atoms with Crippen LogP contribution in [-0.2, 0) is 19.4 Å². The predicted molar refractivity (Wildman–Crippen MR) is 78.6 cm³/mol. The summed E-state index contributed by atoms with van der Waals surface area (Å²) >= 11 is 0. The smallest absolute Gasteiger partial charge is 0.134 e. The van der Waals surface area contributed by atoms with Crippen LogP contribution in [-0.4, -0.2) is 28.0 Å². The maximum atomic E-state index is 4.54. The van der Waals surface area contributed by atoms with E-state index in [1.807, 2.05) is 31.5 Å². The van der Waals surface area contributed by atoms with Crippen molar-refractivity contribution in [3.05, 3.63) is 47.2 Å². The fourth-order valence-corrected chi connectivity index (χ4v) is 2.49. The van der Waals surface area contributed by atoms with Crippen molar-refractivity contribution < 1.29 is 0 Å². The summed E-state index contributed by atoms with van der Waals surface area (Å²) in [6, 6.07) is 4.09. The Balaban J connectivity index is 1.69. The molecule has 104 valence electrons. The Labute approximate surface area is 118 Å². The van der Waals surface area contributed by atoms with Crippen LogP contribution in [0.5, 0.6) is 0 Å². The molecular formula is C15H19N5. The van der Waals surface area contributed by atoms with Crippen LogP contribution in [0.3, 0.4) is 0 Å². The van der Waals surface area contributed by atoms with Gasteiger partial charge in [0.25, 0.3) is 0 Å². The molecule has 1 aliphatic rings. The van der Waals surface area contributed by atoms with E-state index in [0.717, 1.165) is 44.1 Å². The van der Waals surface area contributed by atoms with Gasteiger partial charge in [0.05, 0.1) is 5.69 Å². The number of nitrogens with zero attached hydrogens (tertiary/aromatic N) is 3. The zero-order valence-corrected chi connectivity index (χ0v) is 11.7. The Bertz CT molecular complexity index is 582. The van der Waals surface area contributed by atoms with Gasteiger partial charge in [-0.25, -0.2) is 9.97 Å². The third-order valence-corrected chi connectivity index (χ3v) is 3.50. The zero-order chi connectivity index (χ0) is 13.8. The molecule has 0 aromatic carbocycles. The minimum absolute atomic E-state index is 0.845. The SMILES string of the molecule is Cc1nc2c(c(NCCc3ccncc3)n1)CNCC2. The first-order valence-corrected chi connectivity index (χ1v) is 7.03. The summed E-state index contributed by atoms with van der Waals surface area (Å²) in [7, 11) is 0. The molecule has 0 radical (unpaired) electrons. The number of rotatable bonds is 4. The lowest BCUT2D eigenvalue weighted by molar-refractivity contribution is 0.624. The van der Waals surface area contributed by atoms with Gasteiger partial charge in [-0.3, -0.25) is 4.98 Å². The average molecular weight is 269 g/mol. The van der Waals surface area contributed by atoms with Crippen LogP contribution in [0.25, 0.3) is 0 Å². The summed E-state index contributed by atoms with van der Waals surface area (Å²) in [4.78, 5) is 13.1. The van der Waals surface area contributed by atoms with Gasteiger partial charge >= 0.3 is 0 Å². The van der Waals surface area contributed by atoms with E-state index in [1.165, 1.54) is 16.8 Å². The molecule has 0 bridgehead atoms. The third-order valence-electron chi connectivity index (χ3n) is 3.50. The van der Waals surface area contributed by atoms with Crippen molar-refractivity contribution in [2.24, 2.45) is 0 Å². The van der Waals surface area contributed by atoms with Crippen LogP contribution in [0, 0.1) is 6.92 Å². The average Bonchev–Trinajstić information content (AvgIpc) is 2.48. The molecule has 5 nitrogen and oxygen atoms in total. The van der Waals surface area contributed by atoms with E-state index in [1.54, 1.807) is 0 Å². The van der Waals surface area contributed by atoms with Crippen molar-refractivity contribution >= 4 is 5.82 Å². The number of anilines is 1. The fourth-order valence-electron chi connectivity index (χ4n) is 2.49. The Morgan fingerprint density at radius 3 is 2.95 bits per heavy atom. The van der Waals surface area contributed by atoms with Gasteiger partial charge in [-0.2, -0.15) is 0 Å². The molecular weight excluding hydrogens is 250 g/mol. The maximum Gasteiger partial charge on any atom is 0.134 e. The highest BCUT2D eigenvalue weighted by Crippen LogP contribution is 2.19. The summed E-state index contributed by atoms with van der Waals surface area (Å²) in [6.45, 7) is 4.68. The number of hydrogen-bond donors (Lipinski definition) is 2. The van der Waals surface area contributed by atoms with Gasteiger partial charge < -0.3 is 10.6 Å². The van der Waals surface area contributed by atoms with Crippen molar-refractivity contribution in [2.75, 3.05) is 18.4 Å². The normalized spacial score (nSPS) is 13.8. The van der Waals surface area contributed by atoms with Gasteiger partial charge in [0, 0.05) is 44.0 Å². The fraction of sp³-hybridized carbons (Fsp3) is 0.400. The molecule has 2 aromatic rings. The Morgan fingerprint density at radius 2 is 2.10 bits per heavy atom. The first-order valence-electron chi connectivity index (χ1n) is 7.03. The van der Waals surface area contributed by atoms with Gasteiger partial charge in [0.15, 0.2) is 0 Å². The molecule has 5 heteroatoms. The maximum absolute atomic E-state index is 4.54. The summed E-state index contributed by atoms with van der Waals surface area (Å²) in [6.07, 6.45) is 5.61. The number of fused-ring (bicyclic) bond motifs is 1. The van der Waals surface area contributed by atoms with E-state index in [4.69, 9.17) is 0 Å². The molecule has 3 rings (SSSR count). The van der Waals surface area contributed by atoms with Gasteiger partial charge in [0.2, 0.25) is 0 Å². The van der Waals surface area contributed by atoms with Crippen LogP contribution in [0.4, 0.5) is 5.82 Å². The van der Waals surface area contributed by atoms with E-state index in [9.17, 15) is 0 Å². The van der Waals surface area contributed by atoms with Gasteiger partial charge in [-0.1, -0.05) is 0 Å². The minimum Gasteiger partial charge on any atom is -0.369 e. The number of pyridine rings is 1. The lowest BCUT2D eigenvalue weighted by Crippen LogP contribution is -2.27. The van der Waals surface area contributed by atoms with Gasteiger partial charge in [-0.15, -0.1) is 0 Å².